The molecule has 0 saturated heterocycles. The van der Waals surface area contributed by atoms with Crippen molar-refractivity contribution in [2.75, 3.05) is 17.2 Å². The number of benzene rings is 2. The van der Waals surface area contributed by atoms with Crippen molar-refractivity contribution in [3.05, 3.63) is 86.2 Å². The monoisotopic (exact) mass is 502 g/mol. The summed E-state index contributed by atoms with van der Waals surface area (Å²) in [5.41, 5.74) is 1.87. The minimum absolute atomic E-state index is 0.149. The average Bonchev–Trinajstić information content (AvgIpc) is 3.11. The van der Waals surface area contributed by atoms with E-state index in [9.17, 15) is 14.4 Å². The Balaban J connectivity index is 1.86. The highest BCUT2D eigenvalue weighted by Crippen LogP contribution is 2.34. The molecule has 0 spiro atoms. The topological polar surface area (TPSA) is 84.5 Å². The van der Waals surface area contributed by atoms with Crippen LogP contribution in [0.1, 0.15) is 38.1 Å². The van der Waals surface area contributed by atoms with Crippen LogP contribution in [0.2, 0.25) is 10.0 Å². The fraction of sp³-hybridized carbons (Fsp3) is 0.125. The number of ether oxygens (including phenoxy) is 1. The zero-order chi connectivity index (χ0) is 24.0. The number of hydrogen-bond acceptors (Lipinski definition) is 5. The molecular formula is C24H20Cl2N2O4S. The van der Waals surface area contributed by atoms with Crippen molar-refractivity contribution < 1.29 is 19.1 Å². The number of amides is 2. The summed E-state index contributed by atoms with van der Waals surface area (Å²) < 4.78 is 5.14. The number of para-hydroxylation sites is 1. The van der Waals surface area contributed by atoms with Crippen molar-refractivity contribution >= 4 is 69.1 Å². The van der Waals surface area contributed by atoms with E-state index in [-0.39, 0.29) is 23.1 Å². The van der Waals surface area contributed by atoms with Crippen LogP contribution in [0, 0.1) is 6.92 Å². The Kier molecular flexibility index (Phi) is 8.27. The van der Waals surface area contributed by atoms with Gasteiger partial charge in [0.25, 0.3) is 5.91 Å². The van der Waals surface area contributed by atoms with Crippen molar-refractivity contribution in [2.45, 2.75) is 13.8 Å². The number of esters is 1. The molecule has 1 aromatic heterocycles. The quantitative estimate of drug-likeness (QED) is 0.287. The van der Waals surface area contributed by atoms with Gasteiger partial charge < -0.3 is 15.4 Å². The Morgan fingerprint density at radius 3 is 2.42 bits per heavy atom. The van der Waals surface area contributed by atoms with E-state index in [0.29, 0.717) is 31.7 Å². The van der Waals surface area contributed by atoms with Gasteiger partial charge in [0.2, 0.25) is 5.91 Å². The molecule has 3 rings (SSSR count). The summed E-state index contributed by atoms with van der Waals surface area (Å²) in [6.07, 6.45) is 2.86. The number of carbonyl (C=O) groups excluding carboxylic acids is 3. The molecule has 2 N–H and O–H groups in total. The molecule has 0 bridgehead atoms. The van der Waals surface area contributed by atoms with Gasteiger partial charge in [-0.25, -0.2) is 4.79 Å². The number of halogens is 2. The lowest BCUT2D eigenvalue weighted by molar-refractivity contribution is -0.111. The first-order valence-corrected chi connectivity index (χ1v) is 11.5. The van der Waals surface area contributed by atoms with E-state index in [1.165, 1.54) is 6.08 Å². The summed E-state index contributed by atoms with van der Waals surface area (Å²) in [4.78, 5) is 38.2. The second-order valence-corrected chi connectivity index (χ2v) is 8.63. The van der Waals surface area contributed by atoms with Gasteiger partial charge in [0.05, 0.1) is 27.1 Å². The molecule has 3 aromatic rings. The standard InChI is InChI=1S/C24H20Cl2N2O4S/c1-3-32-24(31)20-14(2)21(22(30)27-16-7-5-4-6-8-16)33-23(20)28-19(29)12-10-15-9-11-17(25)18(26)13-15/h4-13H,3H2,1-2H3,(H,27,30)(H,28,29)/b12-10+. The zero-order valence-corrected chi connectivity index (χ0v) is 20.1. The van der Waals surface area contributed by atoms with Gasteiger partial charge in [-0.1, -0.05) is 47.5 Å². The highest BCUT2D eigenvalue weighted by molar-refractivity contribution is 7.19. The van der Waals surface area contributed by atoms with Crippen LogP contribution in [0.5, 0.6) is 0 Å². The van der Waals surface area contributed by atoms with E-state index in [1.807, 2.05) is 6.07 Å². The van der Waals surface area contributed by atoms with E-state index in [1.54, 1.807) is 62.4 Å². The first-order chi connectivity index (χ1) is 15.8. The number of thiophene rings is 1. The summed E-state index contributed by atoms with van der Waals surface area (Å²) in [6.45, 7) is 3.48. The molecule has 170 valence electrons. The van der Waals surface area contributed by atoms with E-state index >= 15 is 0 Å². The van der Waals surface area contributed by atoms with Gasteiger partial charge in [-0.05, 0) is 55.3 Å². The molecule has 0 atom stereocenters. The van der Waals surface area contributed by atoms with Crippen LogP contribution in [0.25, 0.3) is 6.08 Å². The van der Waals surface area contributed by atoms with Crippen molar-refractivity contribution in [3.63, 3.8) is 0 Å². The summed E-state index contributed by atoms with van der Waals surface area (Å²) in [6, 6.07) is 13.9. The number of hydrogen-bond donors (Lipinski definition) is 2. The van der Waals surface area contributed by atoms with Crippen LogP contribution >= 0.6 is 34.5 Å². The predicted molar refractivity (Wildman–Crippen MR) is 134 cm³/mol. The fourth-order valence-corrected chi connectivity index (χ4v) is 4.32. The first-order valence-electron chi connectivity index (χ1n) is 9.91. The van der Waals surface area contributed by atoms with Gasteiger partial charge in [0.1, 0.15) is 5.00 Å². The summed E-state index contributed by atoms with van der Waals surface area (Å²) >= 11 is 12.9. The maximum atomic E-state index is 12.8. The van der Waals surface area contributed by atoms with Gasteiger partial charge in [-0.3, -0.25) is 9.59 Å². The number of rotatable bonds is 7. The Morgan fingerprint density at radius 2 is 1.76 bits per heavy atom. The average molecular weight is 503 g/mol. The highest BCUT2D eigenvalue weighted by atomic mass is 35.5. The Labute approximate surface area is 205 Å². The molecule has 6 nitrogen and oxygen atoms in total. The third-order valence-corrected chi connectivity index (χ3v) is 6.42. The van der Waals surface area contributed by atoms with Gasteiger partial charge in [0.15, 0.2) is 0 Å². The maximum absolute atomic E-state index is 12.8. The molecule has 0 radical (unpaired) electrons. The fourth-order valence-electron chi connectivity index (χ4n) is 2.92. The molecule has 0 saturated carbocycles. The largest absolute Gasteiger partial charge is 0.462 e. The molecule has 0 aliphatic heterocycles. The van der Waals surface area contributed by atoms with Crippen molar-refractivity contribution in [3.8, 4) is 0 Å². The minimum atomic E-state index is -0.617. The number of nitrogens with one attached hydrogen (secondary N) is 2. The summed E-state index contributed by atoms with van der Waals surface area (Å²) in [5, 5.41) is 6.48. The molecular weight excluding hydrogens is 483 g/mol. The highest BCUT2D eigenvalue weighted by Gasteiger charge is 2.26. The maximum Gasteiger partial charge on any atom is 0.341 e. The second kappa shape index (κ2) is 11.1. The first kappa shape index (κ1) is 24.5. The van der Waals surface area contributed by atoms with E-state index in [0.717, 1.165) is 11.3 Å². The van der Waals surface area contributed by atoms with Crippen molar-refractivity contribution in [2.24, 2.45) is 0 Å². The molecule has 2 amide bonds. The van der Waals surface area contributed by atoms with Gasteiger partial charge in [-0.2, -0.15) is 0 Å². The normalized spacial score (nSPS) is 10.8. The van der Waals surface area contributed by atoms with Crippen LogP contribution in [0.3, 0.4) is 0 Å². The predicted octanol–water partition coefficient (Wildman–Crippen LogP) is 6.44. The Hall–Kier alpha value is -3.13. The Morgan fingerprint density at radius 1 is 1.03 bits per heavy atom. The molecule has 0 fully saturated rings. The van der Waals surface area contributed by atoms with Gasteiger partial charge in [-0.15, -0.1) is 11.3 Å². The minimum Gasteiger partial charge on any atom is -0.462 e. The van der Waals surface area contributed by atoms with E-state index < -0.39 is 11.9 Å². The van der Waals surface area contributed by atoms with Crippen LogP contribution in [0.4, 0.5) is 10.7 Å². The van der Waals surface area contributed by atoms with E-state index in [2.05, 4.69) is 10.6 Å². The second-order valence-electron chi connectivity index (χ2n) is 6.80. The lowest BCUT2D eigenvalue weighted by atomic mass is 10.1. The third-order valence-electron chi connectivity index (χ3n) is 4.47. The van der Waals surface area contributed by atoms with Gasteiger partial charge >= 0.3 is 5.97 Å². The molecule has 9 heteroatoms. The molecule has 0 unspecified atom stereocenters. The number of carbonyl (C=O) groups is 3. The molecule has 0 aliphatic carbocycles. The third kappa shape index (κ3) is 6.22. The summed E-state index contributed by atoms with van der Waals surface area (Å²) in [7, 11) is 0. The zero-order valence-electron chi connectivity index (χ0n) is 17.8. The molecule has 1 heterocycles. The lowest BCUT2D eigenvalue weighted by Crippen LogP contribution is -2.13. The lowest BCUT2D eigenvalue weighted by Gasteiger charge is -2.06. The van der Waals surface area contributed by atoms with Crippen molar-refractivity contribution in [1.82, 2.24) is 0 Å². The summed E-state index contributed by atoms with van der Waals surface area (Å²) in [5.74, 6) is -1.49. The van der Waals surface area contributed by atoms with Crippen LogP contribution in [-0.4, -0.2) is 24.4 Å². The van der Waals surface area contributed by atoms with Crippen LogP contribution in [0.15, 0.2) is 54.6 Å². The molecule has 33 heavy (non-hydrogen) atoms. The molecule has 2 aromatic carbocycles. The Bertz CT molecular complexity index is 1220. The van der Waals surface area contributed by atoms with Crippen LogP contribution in [-0.2, 0) is 9.53 Å². The van der Waals surface area contributed by atoms with E-state index in [4.69, 9.17) is 27.9 Å². The molecule has 0 aliphatic rings. The smallest absolute Gasteiger partial charge is 0.341 e. The number of anilines is 2. The SMILES string of the molecule is CCOC(=O)c1c(NC(=O)/C=C/c2ccc(Cl)c(Cl)c2)sc(C(=O)Nc2ccccc2)c1C. The van der Waals surface area contributed by atoms with Gasteiger partial charge in [0, 0.05) is 11.8 Å². The van der Waals surface area contributed by atoms with Crippen molar-refractivity contribution in [1.29, 1.82) is 0 Å². The van der Waals surface area contributed by atoms with Crippen LogP contribution < -0.4 is 10.6 Å².